The van der Waals surface area contributed by atoms with Crippen LogP contribution >= 0.6 is 11.6 Å². The quantitative estimate of drug-likeness (QED) is 0.185. The summed E-state index contributed by atoms with van der Waals surface area (Å²) >= 11 is 6.66. The van der Waals surface area contributed by atoms with Crippen molar-refractivity contribution < 1.29 is 8.78 Å². The number of halogens is 3. The van der Waals surface area contributed by atoms with Crippen molar-refractivity contribution in [2.75, 3.05) is 10.6 Å². The maximum atomic E-state index is 13.9. The van der Waals surface area contributed by atoms with Crippen LogP contribution < -0.4 is 21.6 Å². The van der Waals surface area contributed by atoms with Gasteiger partial charge >= 0.3 is 0 Å². The van der Waals surface area contributed by atoms with Crippen molar-refractivity contribution in [1.29, 1.82) is 10.5 Å². The number of nitrogens with zero attached hydrogens (tertiary/aromatic N) is 5. The molecule has 0 amide bonds. The molecule has 13 heteroatoms. The Hall–Kier alpha value is -4.91. The van der Waals surface area contributed by atoms with Gasteiger partial charge in [-0.2, -0.15) is 14.9 Å². The number of nitriles is 2. The molecule has 9 nitrogen and oxygen atoms in total. The Bertz CT molecular complexity index is 1820. The van der Waals surface area contributed by atoms with E-state index < -0.39 is 17.2 Å². The topological polar surface area (TPSA) is 125 Å². The summed E-state index contributed by atoms with van der Waals surface area (Å²) in [5.74, 6) is -2.39. The fourth-order valence-corrected chi connectivity index (χ4v) is 4.89. The zero-order valence-corrected chi connectivity index (χ0v) is 22.0. The molecule has 200 valence electrons. The summed E-state index contributed by atoms with van der Waals surface area (Å²) in [5.41, 5.74) is 7.87. The van der Waals surface area contributed by atoms with E-state index in [0.29, 0.717) is 39.5 Å². The molecule has 1 aliphatic heterocycles. The van der Waals surface area contributed by atoms with Crippen LogP contribution in [-0.2, 0) is 5.44 Å². The first-order valence-electron chi connectivity index (χ1n) is 12.5. The van der Waals surface area contributed by atoms with Gasteiger partial charge in [-0.15, -0.1) is 5.53 Å². The van der Waals surface area contributed by atoms with Gasteiger partial charge in [-0.25, -0.2) is 9.37 Å². The standard InChI is InChI=1S/C28H19BClF2N9/c29-28(17-3-1-2-15(6-17)10-33,24-14-41(40-39-24)20-4-5-20)38-18-7-21-25(37-19-9-23(31)27(32)36-13-19)16(11-34)12-35-26(21)22(30)8-18/h1-3,6-9,12-14,20,38-40H,4-5H2,(H,35,37). The minimum absolute atomic E-state index is 0.121. The molecule has 0 spiro atoms. The van der Waals surface area contributed by atoms with E-state index in [1.54, 1.807) is 36.4 Å². The number of aromatic nitrogens is 2. The van der Waals surface area contributed by atoms with Gasteiger partial charge in [0.15, 0.2) is 5.82 Å². The molecule has 2 radical (unpaired) electrons. The van der Waals surface area contributed by atoms with E-state index in [0.717, 1.165) is 25.1 Å². The minimum Gasteiger partial charge on any atom is -0.378 e. The van der Waals surface area contributed by atoms with Crippen LogP contribution in [0.4, 0.5) is 25.8 Å². The summed E-state index contributed by atoms with van der Waals surface area (Å²) in [6.45, 7) is 0. The number of hydrogen-bond donors (Lipinski definition) is 4. The van der Waals surface area contributed by atoms with E-state index in [2.05, 4.69) is 43.7 Å². The molecule has 2 aliphatic rings. The van der Waals surface area contributed by atoms with Crippen LogP contribution in [0.3, 0.4) is 0 Å². The lowest BCUT2D eigenvalue weighted by atomic mass is 9.69. The zero-order valence-electron chi connectivity index (χ0n) is 21.2. The lowest BCUT2D eigenvalue weighted by molar-refractivity contribution is 0.260. The molecule has 1 aliphatic carbocycles. The Labute approximate surface area is 239 Å². The fourth-order valence-electron chi connectivity index (χ4n) is 4.62. The number of hydrogen-bond acceptors (Lipinski definition) is 9. The first-order valence-corrected chi connectivity index (χ1v) is 12.9. The maximum absolute atomic E-state index is 13.9. The number of anilines is 3. The van der Waals surface area contributed by atoms with Crippen molar-refractivity contribution in [3.63, 3.8) is 0 Å². The predicted octanol–water partition coefficient (Wildman–Crippen LogP) is 4.81. The van der Waals surface area contributed by atoms with Crippen molar-refractivity contribution >= 4 is 47.4 Å². The monoisotopic (exact) mass is 565 g/mol. The molecule has 0 bridgehead atoms. The van der Waals surface area contributed by atoms with Gasteiger partial charge < -0.3 is 16.1 Å². The molecule has 4 aromatic rings. The molecule has 41 heavy (non-hydrogen) atoms. The Kier molecular flexibility index (Phi) is 6.58. The highest BCUT2D eigenvalue weighted by atomic mass is 35.5. The van der Waals surface area contributed by atoms with Crippen molar-refractivity contribution in [2.24, 2.45) is 0 Å². The molecule has 0 saturated heterocycles. The second-order valence-electron chi connectivity index (χ2n) is 9.68. The molecule has 2 aromatic carbocycles. The largest absolute Gasteiger partial charge is 0.378 e. The fraction of sp³-hybridized carbons (Fsp3) is 0.143. The second kappa shape index (κ2) is 10.2. The molecule has 1 atom stereocenters. The molecule has 1 unspecified atom stereocenters. The summed E-state index contributed by atoms with van der Waals surface area (Å²) in [5, 5.41) is 28.2. The highest BCUT2D eigenvalue weighted by molar-refractivity contribution is 6.36. The van der Waals surface area contributed by atoms with E-state index in [4.69, 9.17) is 19.4 Å². The van der Waals surface area contributed by atoms with Crippen LogP contribution in [0.1, 0.15) is 29.5 Å². The highest BCUT2D eigenvalue weighted by Crippen LogP contribution is 2.39. The lowest BCUT2D eigenvalue weighted by Gasteiger charge is -2.34. The van der Waals surface area contributed by atoms with Crippen molar-refractivity contribution in [3.8, 4) is 12.1 Å². The average molecular weight is 566 g/mol. The molecule has 4 N–H and O–H groups in total. The molecule has 3 heterocycles. The molecular weight excluding hydrogens is 547 g/mol. The number of nitrogens with one attached hydrogen (secondary N) is 4. The van der Waals surface area contributed by atoms with E-state index in [-0.39, 0.29) is 22.0 Å². The number of pyridine rings is 2. The number of hydrazine groups is 2. The van der Waals surface area contributed by atoms with Crippen LogP contribution in [0.5, 0.6) is 0 Å². The Morgan fingerprint density at radius 3 is 2.63 bits per heavy atom. The Morgan fingerprint density at radius 1 is 1.07 bits per heavy atom. The molecular formula is C28H19BClF2N9. The van der Waals surface area contributed by atoms with Gasteiger partial charge in [-0.3, -0.25) is 9.99 Å². The molecule has 1 saturated carbocycles. The van der Waals surface area contributed by atoms with Crippen LogP contribution in [0.2, 0.25) is 5.02 Å². The Morgan fingerprint density at radius 2 is 1.90 bits per heavy atom. The molecule has 2 aromatic heterocycles. The van der Waals surface area contributed by atoms with Gasteiger partial charge in [-0.1, -0.05) is 23.7 Å². The third-order valence-electron chi connectivity index (χ3n) is 6.85. The van der Waals surface area contributed by atoms with E-state index in [9.17, 15) is 19.3 Å². The maximum Gasteiger partial charge on any atom is 0.249 e. The van der Waals surface area contributed by atoms with Crippen molar-refractivity contribution in [1.82, 2.24) is 25.9 Å². The predicted molar refractivity (Wildman–Crippen MR) is 150 cm³/mol. The van der Waals surface area contributed by atoms with Gasteiger partial charge in [0.1, 0.15) is 13.9 Å². The van der Waals surface area contributed by atoms with Crippen molar-refractivity contribution in [3.05, 3.63) is 100 Å². The summed E-state index contributed by atoms with van der Waals surface area (Å²) in [6, 6.07) is 15.7. The normalized spacial score (nSPS) is 15.8. The van der Waals surface area contributed by atoms with Crippen LogP contribution in [0.25, 0.3) is 10.9 Å². The summed E-state index contributed by atoms with van der Waals surface area (Å²) in [7, 11) is 7.08. The van der Waals surface area contributed by atoms with Gasteiger partial charge in [0.2, 0.25) is 5.95 Å². The first kappa shape index (κ1) is 26.3. The Balaban J connectivity index is 1.47. The number of benzene rings is 2. The highest BCUT2D eigenvalue weighted by Gasteiger charge is 2.38. The van der Waals surface area contributed by atoms with Gasteiger partial charge in [0.05, 0.1) is 56.4 Å². The second-order valence-corrected chi connectivity index (χ2v) is 10.1. The van der Waals surface area contributed by atoms with E-state index in [1.807, 2.05) is 11.2 Å². The average Bonchev–Trinajstić information content (AvgIpc) is 3.70. The van der Waals surface area contributed by atoms with Gasteiger partial charge in [0.25, 0.3) is 0 Å². The molecule has 1 fully saturated rings. The third kappa shape index (κ3) is 4.95. The third-order valence-corrected chi connectivity index (χ3v) is 7.14. The first-order chi connectivity index (χ1) is 19.8. The van der Waals surface area contributed by atoms with Gasteiger partial charge in [0, 0.05) is 35.6 Å². The number of rotatable bonds is 7. The summed E-state index contributed by atoms with van der Waals surface area (Å²) in [4.78, 5) is 7.74. The van der Waals surface area contributed by atoms with E-state index in [1.165, 1.54) is 6.20 Å². The minimum atomic E-state index is -1.36. The summed E-state index contributed by atoms with van der Waals surface area (Å²) < 4.78 is 27.3. The van der Waals surface area contributed by atoms with E-state index >= 15 is 0 Å². The zero-order chi connectivity index (χ0) is 28.7. The van der Waals surface area contributed by atoms with Crippen LogP contribution in [0.15, 0.2) is 66.8 Å². The summed E-state index contributed by atoms with van der Waals surface area (Å²) in [6.07, 6.45) is 6.42. The van der Waals surface area contributed by atoms with Crippen LogP contribution in [-0.4, -0.2) is 28.9 Å². The lowest BCUT2D eigenvalue weighted by Crippen LogP contribution is -2.45. The van der Waals surface area contributed by atoms with Crippen LogP contribution in [0, 0.1) is 34.4 Å². The molecule has 6 rings (SSSR count). The SMILES string of the molecule is [B]C(Nc1cc(Cl)c2ncc(C#N)c(Nc3cnc(F)c(F)c3)c2c1)(C1=CN(C2CC2)NN1)c1cccc(C#N)c1. The number of fused-ring (bicyclic) bond motifs is 1. The van der Waals surface area contributed by atoms with Gasteiger partial charge in [-0.05, 0) is 42.7 Å². The van der Waals surface area contributed by atoms with Crippen molar-refractivity contribution in [2.45, 2.75) is 24.3 Å². The smallest absolute Gasteiger partial charge is 0.249 e.